The fourth-order valence-electron chi connectivity index (χ4n) is 1.05. The van der Waals surface area contributed by atoms with Gasteiger partial charge in [0.05, 0.1) is 5.69 Å². The summed E-state index contributed by atoms with van der Waals surface area (Å²) in [5.41, 5.74) is 6.35. The Morgan fingerprint density at radius 1 is 1.20 bits per heavy atom. The molecular formula is C10H10N4S. The molecule has 76 valence electrons. The Morgan fingerprint density at radius 2 is 2.13 bits per heavy atom. The smallest absolute Gasteiger partial charge is 0.116 e. The molecule has 2 aromatic rings. The van der Waals surface area contributed by atoms with Gasteiger partial charge < -0.3 is 5.73 Å². The maximum atomic E-state index is 5.46. The topological polar surface area (TPSA) is 64.7 Å². The van der Waals surface area contributed by atoms with Crippen LogP contribution < -0.4 is 5.73 Å². The molecule has 4 nitrogen and oxygen atoms in total. The van der Waals surface area contributed by atoms with Crippen LogP contribution in [0.5, 0.6) is 0 Å². The van der Waals surface area contributed by atoms with Gasteiger partial charge >= 0.3 is 0 Å². The minimum atomic E-state index is 0.471. The zero-order valence-corrected chi connectivity index (χ0v) is 8.81. The van der Waals surface area contributed by atoms with Crippen LogP contribution >= 0.6 is 11.8 Å². The summed E-state index contributed by atoms with van der Waals surface area (Å²) >= 11 is 1.55. The molecule has 2 aromatic heterocycles. The number of hydrogen-bond donors (Lipinski definition) is 1. The van der Waals surface area contributed by atoms with Crippen molar-refractivity contribution in [1.82, 2.24) is 15.0 Å². The molecule has 15 heavy (non-hydrogen) atoms. The summed E-state index contributed by atoms with van der Waals surface area (Å²) in [6.45, 7) is 0.471. The molecule has 0 saturated carbocycles. The summed E-state index contributed by atoms with van der Waals surface area (Å²) in [7, 11) is 0. The van der Waals surface area contributed by atoms with Gasteiger partial charge in [-0.15, -0.1) is 0 Å². The van der Waals surface area contributed by atoms with E-state index in [2.05, 4.69) is 15.0 Å². The minimum Gasteiger partial charge on any atom is -0.325 e. The third-order valence-electron chi connectivity index (χ3n) is 1.78. The van der Waals surface area contributed by atoms with Gasteiger partial charge in [0.15, 0.2) is 0 Å². The van der Waals surface area contributed by atoms with E-state index in [9.17, 15) is 0 Å². The molecule has 2 rings (SSSR count). The van der Waals surface area contributed by atoms with Gasteiger partial charge in [0.25, 0.3) is 0 Å². The summed E-state index contributed by atoms with van der Waals surface area (Å²) in [4.78, 5) is 13.2. The van der Waals surface area contributed by atoms with Crippen molar-refractivity contribution in [1.29, 1.82) is 0 Å². The average Bonchev–Trinajstić information content (AvgIpc) is 2.31. The molecule has 0 fully saturated rings. The highest BCUT2D eigenvalue weighted by molar-refractivity contribution is 7.99. The van der Waals surface area contributed by atoms with E-state index in [1.165, 1.54) is 6.33 Å². The van der Waals surface area contributed by atoms with E-state index in [4.69, 9.17) is 5.73 Å². The highest BCUT2D eigenvalue weighted by atomic mass is 32.2. The molecule has 0 radical (unpaired) electrons. The molecule has 0 amide bonds. The molecular weight excluding hydrogens is 208 g/mol. The Balaban J connectivity index is 2.11. The number of aromatic nitrogens is 3. The van der Waals surface area contributed by atoms with Gasteiger partial charge in [-0.2, -0.15) is 0 Å². The normalized spacial score (nSPS) is 10.2. The molecule has 0 atom stereocenters. The van der Waals surface area contributed by atoms with Crippen molar-refractivity contribution < 1.29 is 0 Å². The maximum absolute atomic E-state index is 5.46. The third kappa shape index (κ3) is 2.74. The monoisotopic (exact) mass is 218 g/mol. The number of hydrogen-bond acceptors (Lipinski definition) is 5. The summed E-state index contributed by atoms with van der Waals surface area (Å²) in [6, 6.07) is 5.77. The van der Waals surface area contributed by atoms with Gasteiger partial charge in [0, 0.05) is 23.8 Å². The van der Waals surface area contributed by atoms with Crippen molar-refractivity contribution in [3.8, 4) is 0 Å². The first kappa shape index (κ1) is 10.1. The van der Waals surface area contributed by atoms with Gasteiger partial charge in [0.2, 0.25) is 0 Å². The van der Waals surface area contributed by atoms with Crippen molar-refractivity contribution in [2.75, 3.05) is 0 Å². The van der Waals surface area contributed by atoms with E-state index >= 15 is 0 Å². The molecule has 0 aliphatic rings. The van der Waals surface area contributed by atoms with E-state index in [-0.39, 0.29) is 0 Å². The first-order valence-corrected chi connectivity index (χ1v) is 5.29. The van der Waals surface area contributed by atoms with E-state index in [1.54, 1.807) is 24.2 Å². The van der Waals surface area contributed by atoms with Crippen LogP contribution in [-0.4, -0.2) is 15.0 Å². The predicted octanol–water partition coefficient (Wildman–Crippen LogP) is 1.48. The Hall–Kier alpha value is -1.46. The molecule has 0 unspecified atom stereocenters. The van der Waals surface area contributed by atoms with E-state index in [0.29, 0.717) is 6.54 Å². The highest BCUT2D eigenvalue weighted by Gasteiger charge is 1.98. The van der Waals surface area contributed by atoms with Crippen molar-refractivity contribution in [2.24, 2.45) is 5.73 Å². The number of nitrogens with zero attached hydrogens (tertiary/aromatic N) is 3. The second-order valence-electron chi connectivity index (χ2n) is 2.84. The molecule has 0 aliphatic heterocycles. The molecule has 0 saturated heterocycles. The van der Waals surface area contributed by atoms with Crippen molar-refractivity contribution in [3.63, 3.8) is 0 Å². The third-order valence-corrected chi connectivity index (χ3v) is 2.71. The quantitative estimate of drug-likeness (QED) is 0.790. The van der Waals surface area contributed by atoms with Gasteiger partial charge in [-0.3, -0.25) is 4.98 Å². The second kappa shape index (κ2) is 4.86. The van der Waals surface area contributed by atoms with E-state index in [0.717, 1.165) is 15.6 Å². The summed E-state index contributed by atoms with van der Waals surface area (Å²) in [6.07, 6.45) is 5.05. The molecule has 0 aromatic carbocycles. The molecule has 0 aliphatic carbocycles. The fourth-order valence-corrected chi connectivity index (χ4v) is 1.76. The molecule has 5 heteroatoms. The lowest BCUT2D eigenvalue weighted by molar-refractivity contribution is 0.975. The Kier molecular flexibility index (Phi) is 3.26. The first-order chi connectivity index (χ1) is 7.38. The SMILES string of the molecule is NCc1ccc(Sc2ccncn2)cn1. The minimum absolute atomic E-state index is 0.471. The van der Waals surface area contributed by atoms with Crippen molar-refractivity contribution in [3.05, 3.63) is 42.6 Å². The van der Waals surface area contributed by atoms with Crippen molar-refractivity contribution in [2.45, 2.75) is 16.5 Å². The van der Waals surface area contributed by atoms with Crippen LogP contribution in [-0.2, 0) is 6.54 Å². The summed E-state index contributed by atoms with van der Waals surface area (Å²) in [5, 5.41) is 0.910. The van der Waals surface area contributed by atoms with Gasteiger partial charge in [-0.25, -0.2) is 9.97 Å². The van der Waals surface area contributed by atoms with Crippen LogP contribution in [0.1, 0.15) is 5.69 Å². The molecule has 2 N–H and O–H groups in total. The zero-order valence-electron chi connectivity index (χ0n) is 8.00. The summed E-state index contributed by atoms with van der Waals surface area (Å²) in [5.74, 6) is 0. The van der Waals surface area contributed by atoms with Gasteiger partial charge in [-0.1, -0.05) is 11.8 Å². The van der Waals surface area contributed by atoms with Gasteiger partial charge in [0.1, 0.15) is 11.4 Å². The Bertz CT molecular complexity index is 415. The Labute approximate surface area is 92.0 Å². The fraction of sp³-hybridized carbons (Fsp3) is 0.100. The number of rotatable bonds is 3. The lowest BCUT2D eigenvalue weighted by Crippen LogP contribution is -1.98. The van der Waals surface area contributed by atoms with E-state index < -0.39 is 0 Å². The maximum Gasteiger partial charge on any atom is 0.116 e. The molecule has 2 heterocycles. The van der Waals surface area contributed by atoms with Gasteiger partial charge in [-0.05, 0) is 18.2 Å². The van der Waals surface area contributed by atoms with Crippen LogP contribution in [0.25, 0.3) is 0 Å². The average molecular weight is 218 g/mol. The van der Waals surface area contributed by atoms with E-state index in [1.807, 2.05) is 18.2 Å². The molecule has 0 spiro atoms. The molecule has 0 bridgehead atoms. The summed E-state index contributed by atoms with van der Waals surface area (Å²) < 4.78 is 0. The van der Waals surface area contributed by atoms with Crippen LogP contribution in [0, 0.1) is 0 Å². The lowest BCUT2D eigenvalue weighted by Gasteiger charge is -2.00. The number of pyridine rings is 1. The standard InChI is InChI=1S/C10H10N4S/c11-5-8-1-2-9(6-13-8)15-10-3-4-12-7-14-10/h1-4,6-7H,5,11H2. The second-order valence-corrected chi connectivity index (χ2v) is 3.93. The van der Waals surface area contributed by atoms with Crippen molar-refractivity contribution >= 4 is 11.8 Å². The first-order valence-electron chi connectivity index (χ1n) is 4.47. The van der Waals surface area contributed by atoms with Crippen LogP contribution in [0.3, 0.4) is 0 Å². The Morgan fingerprint density at radius 3 is 2.73 bits per heavy atom. The number of nitrogens with two attached hydrogens (primary N) is 1. The highest BCUT2D eigenvalue weighted by Crippen LogP contribution is 2.24. The zero-order chi connectivity index (χ0) is 10.5. The largest absolute Gasteiger partial charge is 0.325 e. The van der Waals surface area contributed by atoms with Crippen LogP contribution in [0.15, 0.2) is 46.8 Å². The van der Waals surface area contributed by atoms with Crippen LogP contribution in [0.2, 0.25) is 0 Å². The predicted molar refractivity (Wildman–Crippen MR) is 58.3 cm³/mol. The lowest BCUT2D eigenvalue weighted by atomic mass is 10.4. The van der Waals surface area contributed by atoms with Crippen LogP contribution in [0.4, 0.5) is 0 Å².